The predicted molar refractivity (Wildman–Crippen MR) is 113 cm³/mol. The molecular formula is C23H35NO5. The molecule has 1 aromatic carbocycles. The van der Waals surface area contributed by atoms with E-state index in [0.717, 1.165) is 11.1 Å². The van der Waals surface area contributed by atoms with Crippen LogP contribution < -0.4 is 0 Å². The Morgan fingerprint density at radius 3 is 2.62 bits per heavy atom. The molecule has 0 N–H and O–H groups in total. The van der Waals surface area contributed by atoms with E-state index in [4.69, 9.17) is 18.9 Å². The molecule has 6 heteroatoms. The molecule has 29 heavy (non-hydrogen) atoms. The van der Waals surface area contributed by atoms with Gasteiger partial charge in [-0.25, -0.2) is 4.79 Å². The maximum atomic E-state index is 12.8. The Balaban J connectivity index is 2.03. The molecule has 6 nitrogen and oxygen atoms in total. The van der Waals surface area contributed by atoms with Crippen LogP contribution in [0, 0.1) is 0 Å². The first kappa shape index (κ1) is 23.4. The second-order valence-electron chi connectivity index (χ2n) is 8.99. The Morgan fingerprint density at radius 1 is 1.31 bits per heavy atom. The van der Waals surface area contributed by atoms with Crippen LogP contribution in [-0.2, 0) is 25.6 Å². The molecule has 0 saturated carbocycles. The van der Waals surface area contributed by atoms with Crippen molar-refractivity contribution in [2.45, 2.75) is 58.5 Å². The molecule has 1 fully saturated rings. The zero-order chi connectivity index (χ0) is 21.5. The smallest absolute Gasteiger partial charge is 0.410 e. The predicted octanol–water partition coefficient (Wildman–Crippen LogP) is 4.19. The Hall–Kier alpha value is -1.89. The summed E-state index contributed by atoms with van der Waals surface area (Å²) in [6.07, 6.45) is -0.636. The van der Waals surface area contributed by atoms with Gasteiger partial charge in [-0.05, 0) is 40.2 Å². The number of carbonyl (C=O) groups is 1. The van der Waals surface area contributed by atoms with Gasteiger partial charge in [-0.15, -0.1) is 0 Å². The van der Waals surface area contributed by atoms with Crippen LogP contribution in [0.3, 0.4) is 0 Å². The molecule has 0 aliphatic carbocycles. The normalized spacial score (nSPS) is 22.8. The number of nitrogens with zero attached hydrogens (tertiary/aromatic N) is 1. The molecule has 2 rings (SSSR count). The molecule has 2 atom stereocenters. The molecule has 1 heterocycles. The summed E-state index contributed by atoms with van der Waals surface area (Å²) in [5.41, 5.74) is 0.796. The van der Waals surface area contributed by atoms with Crippen LogP contribution in [0.25, 0.3) is 0 Å². The van der Waals surface area contributed by atoms with E-state index in [1.165, 1.54) is 0 Å². The first-order valence-corrected chi connectivity index (χ1v) is 10.1. The number of benzene rings is 1. The van der Waals surface area contributed by atoms with E-state index < -0.39 is 11.2 Å². The second-order valence-corrected chi connectivity index (χ2v) is 8.99. The van der Waals surface area contributed by atoms with Crippen LogP contribution >= 0.6 is 0 Å². The molecule has 1 aliphatic rings. The molecule has 1 amide bonds. The summed E-state index contributed by atoms with van der Waals surface area (Å²) in [6.45, 7) is 15.7. The molecule has 0 aromatic heterocycles. The van der Waals surface area contributed by atoms with E-state index in [1.807, 2.05) is 65.0 Å². The van der Waals surface area contributed by atoms with Crippen LogP contribution in [0.4, 0.5) is 4.79 Å². The van der Waals surface area contributed by atoms with Gasteiger partial charge in [0.25, 0.3) is 0 Å². The van der Waals surface area contributed by atoms with Crippen LogP contribution in [0.2, 0.25) is 0 Å². The highest BCUT2D eigenvalue weighted by Gasteiger charge is 2.38. The molecule has 1 saturated heterocycles. The average Bonchev–Trinajstić information content (AvgIpc) is 2.80. The van der Waals surface area contributed by atoms with E-state index in [0.29, 0.717) is 39.5 Å². The van der Waals surface area contributed by atoms with Crippen molar-refractivity contribution in [3.8, 4) is 0 Å². The standard InChI is InChI=1S/C23H35NO5/c1-18(2)13-28-23(6)16-24(21(25)29-22(3,4)5)12-20(27-17-23)15-26-14-19-10-8-7-9-11-19/h7-11,20H,1,12-17H2,2-6H3/t20-,23+/m0/s1. The van der Waals surface area contributed by atoms with Gasteiger partial charge in [0, 0.05) is 0 Å². The summed E-state index contributed by atoms with van der Waals surface area (Å²) < 4.78 is 23.5. The quantitative estimate of drug-likeness (QED) is 0.637. The van der Waals surface area contributed by atoms with Crippen molar-refractivity contribution < 1.29 is 23.7 Å². The minimum Gasteiger partial charge on any atom is -0.444 e. The highest BCUT2D eigenvalue weighted by Crippen LogP contribution is 2.22. The molecule has 0 radical (unpaired) electrons. The number of rotatable bonds is 7. The first-order valence-electron chi connectivity index (χ1n) is 10.1. The van der Waals surface area contributed by atoms with Gasteiger partial charge in [0.1, 0.15) is 11.2 Å². The van der Waals surface area contributed by atoms with Crippen LogP contribution in [0.15, 0.2) is 42.5 Å². The zero-order valence-electron chi connectivity index (χ0n) is 18.4. The summed E-state index contributed by atoms with van der Waals surface area (Å²) in [4.78, 5) is 14.4. The van der Waals surface area contributed by atoms with E-state index in [2.05, 4.69) is 6.58 Å². The fourth-order valence-corrected chi connectivity index (χ4v) is 2.94. The number of hydrogen-bond donors (Lipinski definition) is 0. The lowest BCUT2D eigenvalue weighted by Gasteiger charge is -2.33. The maximum Gasteiger partial charge on any atom is 0.410 e. The monoisotopic (exact) mass is 405 g/mol. The van der Waals surface area contributed by atoms with Crippen molar-refractivity contribution in [1.29, 1.82) is 0 Å². The van der Waals surface area contributed by atoms with Crippen molar-refractivity contribution in [3.05, 3.63) is 48.0 Å². The SMILES string of the molecule is C=C(C)CO[C@@]1(C)CO[C@H](COCc2ccccc2)CN(C(=O)OC(C)(C)C)C1. The summed E-state index contributed by atoms with van der Waals surface area (Å²) in [5, 5.41) is 0. The Bertz CT molecular complexity index is 670. The fraction of sp³-hybridized carbons (Fsp3) is 0.609. The highest BCUT2D eigenvalue weighted by atomic mass is 16.6. The van der Waals surface area contributed by atoms with Gasteiger partial charge in [0.05, 0.1) is 45.6 Å². The van der Waals surface area contributed by atoms with Crippen molar-refractivity contribution in [3.63, 3.8) is 0 Å². The lowest BCUT2D eigenvalue weighted by atomic mass is 10.1. The van der Waals surface area contributed by atoms with Gasteiger partial charge in [-0.1, -0.05) is 42.5 Å². The Morgan fingerprint density at radius 2 is 2.00 bits per heavy atom. The fourth-order valence-electron chi connectivity index (χ4n) is 2.94. The van der Waals surface area contributed by atoms with Crippen LogP contribution in [0.1, 0.15) is 40.2 Å². The van der Waals surface area contributed by atoms with E-state index in [-0.39, 0.29) is 12.2 Å². The van der Waals surface area contributed by atoms with Crippen LogP contribution in [0.5, 0.6) is 0 Å². The van der Waals surface area contributed by atoms with Crippen LogP contribution in [-0.4, -0.2) is 61.2 Å². The number of carbonyl (C=O) groups excluding carboxylic acids is 1. The van der Waals surface area contributed by atoms with Gasteiger partial charge < -0.3 is 23.8 Å². The number of ether oxygens (including phenoxy) is 4. The van der Waals surface area contributed by atoms with Gasteiger partial charge in [-0.3, -0.25) is 0 Å². The van der Waals surface area contributed by atoms with Crippen molar-refractivity contribution >= 4 is 6.09 Å². The highest BCUT2D eigenvalue weighted by molar-refractivity contribution is 5.68. The molecule has 0 bridgehead atoms. The van der Waals surface area contributed by atoms with E-state index in [1.54, 1.807) is 4.90 Å². The lowest BCUT2D eigenvalue weighted by Crippen LogP contribution is -2.48. The number of amides is 1. The maximum absolute atomic E-state index is 12.8. The van der Waals surface area contributed by atoms with E-state index >= 15 is 0 Å². The van der Waals surface area contributed by atoms with Crippen molar-refractivity contribution in [2.75, 3.05) is 32.9 Å². The van der Waals surface area contributed by atoms with Gasteiger partial charge in [-0.2, -0.15) is 0 Å². The van der Waals surface area contributed by atoms with Gasteiger partial charge >= 0.3 is 6.09 Å². The van der Waals surface area contributed by atoms with Gasteiger partial charge in [0.15, 0.2) is 0 Å². The molecule has 0 spiro atoms. The topological polar surface area (TPSA) is 57.2 Å². The molecular weight excluding hydrogens is 370 g/mol. The summed E-state index contributed by atoms with van der Waals surface area (Å²) in [5.74, 6) is 0. The Labute approximate surface area is 174 Å². The molecule has 1 aliphatic heterocycles. The third kappa shape index (κ3) is 8.56. The minimum absolute atomic E-state index is 0.263. The number of hydrogen-bond acceptors (Lipinski definition) is 5. The zero-order valence-corrected chi connectivity index (χ0v) is 18.4. The summed E-state index contributed by atoms with van der Waals surface area (Å²) in [7, 11) is 0. The Kier molecular flexibility index (Phi) is 8.25. The third-order valence-corrected chi connectivity index (χ3v) is 4.31. The third-order valence-electron chi connectivity index (χ3n) is 4.31. The van der Waals surface area contributed by atoms with Crippen molar-refractivity contribution in [2.24, 2.45) is 0 Å². The molecule has 1 aromatic rings. The summed E-state index contributed by atoms with van der Waals surface area (Å²) >= 11 is 0. The van der Waals surface area contributed by atoms with Gasteiger partial charge in [0.2, 0.25) is 0 Å². The minimum atomic E-state index is -0.649. The summed E-state index contributed by atoms with van der Waals surface area (Å²) in [6, 6.07) is 9.97. The molecule has 162 valence electrons. The largest absolute Gasteiger partial charge is 0.444 e. The first-order chi connectivity index (χ1) is 13.6. The molecule has 0 unspecified atom stereocenters. The average molecular weight is 406 g/mol. The van der Waals surface area contributed by atoms with E-state index in [9.17, 15) is 4.79 Å². The second kappa shape index (κ2) is 10.2. The van der Waals surface area contributed by atoms with Crippen molar-refractivity contribution in [1.82, 2.24) is 4.90 Å². The lowest BCUT2D eigenvalue weighted by molar-refractivity contribution is -0.0945.